The lowest BCUT2D eigenvalue weighted by Gasteiger charge is -2.16. The molecule has 1 N–H and O–H groups in total. The molecule has 0 spiro atoms. The Hall–Kier alpha value is -2.45. The van der Waals surface area contributed by atoms with Gasteiger partial charge in [0, 0.05) is 5.88 Å². The Bertz CT molecular complexity index is 837. The number of hydrogen-bond acceptors (Lipinski definition) is 7. The number of rotatable bonds is 7. The van der Waals surface area contributed by atoms with E-state index >= 15 is 0 Å². The van der Waals surface area contributed by atoms with Crippen LogP contribution in [0.3, 0.4) is 0 Å². The molecule has 0 amide bonds. The molecule has 8 heteroatoms. The first kappa shape index (κ1) is 17.4. The van der Waals surface area contributed by atoms with Crippen LogP contribution < -0.4 is 14.8 Å². The molecule has 3 aromatic rings. The lowest BCUT2D eigenvalue weighted by Crippen LogP contribution is -2.08. The Morgan fingerprint density at radius 3 is 2.40 bits per heavy atom. The van der Waals surface area contributed by atoms with E-state index in [1.165, 1.54) is 11.8 Å². The zero-order valence-electron chi connectivity index (χ0n) is 14.6. The minimum Gasteiger partial charge on any atom is -0.494 e. The van der Waals surface area contributed by atoms with Crippen molar-refractivity contribution in [1.82, 2.24) is 20.1 Å². The van der Waals surface area contributed by atoms with Gasteiger partial charge in [0.2, 0.25) is 5.82 Å². The molecule has 0 saturated carbocycles. The summed E-state index contributed by atoms with van der Waals surface area (Å²) >= 11 is 1.53. The van der Waals surface area contributed by atoms with Crippen molar-refractivity contribution in [2.45, 2.75) is 12.1 Å². The number of ether oxygens (including phenoxy) is 2. The van der Waals surface area contributed by atoms with Crippen LogP contribution in [0.4, 0.5) is 0 Å². The first-order chi connectivity index (χ1) is 12.2. The van der Waals surface area contributed by atoms with E-state index in [0.717, 1.165) is 11.4 Å². The van der Waals surface area contributed by atoms with Crippen molar-refractivity contribution >= 4 is 11.8 Å². The summed E-state index contributed by atoms with van der Waals surface area (Å²) in [6.45, 7) is 1.89. The van der Waals surface area contributed by atoms with Crippen molar-refractivity contribution in [3.8, 4) is 28.8 Å². The second-order valence-corrected chi connectivity index (χ2v) is 6.15. The molecule has 0 saturated heterocycles. The van der Waals surface area contributed by atoms with E-state index in [0.29, 0.717) is 34.1 Å². The van der Waals surface area contributed by atoms with Crippen LogP contribution in [-0.2, 0) is 0 Å². The predicted molar refractivity (Wildman–Crippen MR) is 96.7 cm³/mol. The number of para-hydroxylation sites is 1. The third-order valence-corrected chi connectivity index (χ3v) is 4.52. The number of thioether (sulfide) groups is 1. The minimum absolute atomic E-state index is 0.592. The molecule has 0 radical (unpaired) electrons. The van der Waals surface area contributed by atoms with Gasteiger partial charge in [0.1, 0.15) is 22.9 Å². The number of furan rings is 1. The summed E-state index contributed by atoms with van der Waals surface area (Å²) in [5.41, 5.74) is 0.736. The molecule has 7 nitrogen and oxygen atoms in total. The Balaban J connectivity index is 2.24. The van der Waals surface area contributed by atoms with E-state index in [4.69, 9.17) is 13.9 Å². The molecule has 2 aromatic heterocycles. The molecule has 3 rings (SSSR count). The SMILES string of the molecule is CNCSc1nnc(-c2ccc(C)o2)n1-c1c(OC)cccc1OC. The fraction of sp³-hybridized carbons (Fsp3) is 0.294. The maximum absolute atomic E-state index is 5.77. The Morgan fingerprint density at radius 2 is 1.84 bits per heavy atom. The van der Waals surface area contributed by atoms with E-state index in [2.05, 4.69) is 15.5 Å². The van der Waals surface area contributed by atoms with Gasteiger partial charge < -0.3 is 19.2 Å². The highest BCUT2D eigenvalue weighted by atomic mass is 32.2. The van der Waals surface area contributed by atoms with Crippen LogP contribution in [0.25, 0.3) is 17.3 Å². The molecule has 132 valence electrons. The number of benzene rings is 1. The van der Waals surface area contributed by atoms with Crippen LogP contribution in [0.5, 0.6) is 11.5 Å². The van der Waals surface area contributed by atoms with Gasteiger partial charge in [0.15, 0.2) is 10.9 Å². The summed E-state index contributed by atoms with van der Waals surface area (Å²) < 4.78 is 18.8. The molecule has 0 bridgehead atoms. The summed E-state index contributed by atoms with van der Waals surface area (Å²) in [4.78, 5) is 0. The van der Waals surface area contributed by atoms with E-state index in [1.54, 1.807) is 14.2 Å². The van der Waals surface area contributed by atoms with Gasteiger partial charge in [-0.1, -0.05) is 17.8 Å². The second-order valence-electron chi connectivity index (χ2n) is 5.21. The van der Waals surface area contributed by atoms with E-state index in [9.17, 15) is 0 Å². The fourth-order valence-corrected chi connectivity index (χ4v) is 3.15. The molecule has 0 aliphatic heterocycles. The highest BCUT2D eigenvalue weighted by Gasteiger charge is 2.23. The largest absolute Gasteiger partial charge is 0.494 e. The zero-order valence-corrected chi connectivity index (χ0v) is 15.4. The minimum atomic E-state index is 0.592. The molecule has 1 aromatic carbocycles. The number of nitrogens with one attached hydrogen (secondary N) is 1. The monoisotopic (exact) mass is 360 g/mol. The van der Waals surface area contributed by atoms with Crippen molar-refractivity contribution in [1.29, 1.82) is 0 Å². The molecular weight excluding hydrogens is 340 g/mol. The maximum Gasteiger partial charge on any atom is 0.205 e. The van der Waals surface area contributed by atoms with E-state index in [1.807, 2.05) is 48.9 Å². The average Bonchev–Trinajstić information content (AvgIpc) is 3.24. The Labute approximate surface area is 150 Å². The van der Waals surface area contributed by atoms with Crippen molar-refractivity contribution in [2.24, 2.45) is 0 Å². The van der Waals surface area contributed by atoms with Gasteiger partial charge in [0.05, 0.1) is 14.2 Å². The number of hydrogen-bond donors (Lipinski definition) is 1. The fourth-order valence-electron chi connectivity index (χ4n) is 2.47. The summed E-state index contributed by atoms with van der Waals surface area (Å²) in [6.07, 6.45) is 0. The molecule has 25 heavy (non-hydrogen) atoms. The van der Waals surface area contributed by atoms with Crippen LogP contribution >= 0.6 is 11.8 Å². The van der Waals surface area contributed by atoms with E-state index in [-0.39, 0.29) is 0 Å². The van der Waals surface area contributed by atoms with Gasteiger partial charge in [-0.3, -0.25) is 4.57 Å². The Morgan fingerprint density at radius 1 is 1.12 bits per heavy atom. The number of methoxy groups -OCH3 is 2. The number of aryl methyl sites for hydroxylation is 1. The second kappa shape index (κ2) is 7.62. The standard InChI is InChI=1S/C17H20N4O3S/c1-11-8-9-14(24-11)16-19-20-17(25-10-18-2)21(16)15-12(22-3)6-5-7-13(15)23-4/h5-9,18H,10H2,1-4H3. The first-order valence-electron chi connectivity index (χ1n) is 7.70. The summed E-state index contributed by atoms with van der Waals surface area (Å²) in [7, 11) is 5.13. The molecule has 0 aliphatic carbocycles. The highest BCUT2D eigenvalue weighted by molar-refractivity contribution is 7.99. The van der Waals surface area contributed by atoms with Gasteiger partial charge in [-0.25, -0.2) is 0 Å². The number of nitrogens with zero attached hydrogens (tertiary/aromatic N) is 3. The molecule has 0 unspecified atom stereocenters. The molecule has 0 atom stereocenters. The number of aromatic nitrogens is 3. The molecule has 0 fully saturated rings. The normalized spacial score (nSPS) is 10.9. The van der Waals surface area contributed by atoms with Crippen LogP contribution in [0.1, 0.15) is 5.76 Å². The quantitative estimate of drug-likeness (QED) is 0.512. The van der Waals surface area contributed by atoms with Crippen LogP contribution in [0.2, 0.25) is 0 Å². The van der Waals surface area contributed by atoms with Crippen molar-refractivity contribution in [3.63, 3.8) is 0 Å². The summed E-state index contributed by atoms with van der Waals surface area (Å²) in [6, 6.07) is 9.41. The average molecular weight is 360 g/mol. The zero-order chi connectivity index (χ0) is 17.8. The summed E-state index contributed by atoms with van der Waals surface area (Å²) in [5.74, 6) is 4.04. The first-order valence-corrected chi connectivity index (χ1v) is 8.69. The maximum atomic E-state index is 5.77. The van der Waals surface area contributed by atoms with Gasteiger partial charge in [-0.05, 0) is 38.2 Å². The van der Waals surface area contributed by atoms with Crippen LogP contribution in [0.15, 0.2) is 39.9 Å². The Kier molecular flexibility index (Phi) is 5.30. The molecule has 0 aliphatic rings. The van der Waals surface area contributed by atoms with Crippen molar-refractivity contribution in [2.75, 3.05) is 27.1 Å². The van der Waals surface area contributed by atoms with E-state index < -0.39 is 0 Å². The van der Waals surface area contributed by atoms with Crippen LogP contribution in [0, 0.1) is 6.92 Å². The van der Waals surface area contributed by atoms with Crippen LogP contribution in [-0.4, -0.2) is 41.9 Å². The lowest BCUT2D eigenvalue weighted by molar-refractivity contribution is 0.390. The molecular formula is C17H20N4O3S. The topological polar surface area (TPSA) is 74.3 Å². The lowest BCUT2D eigenvalue weighted by atomic mass is 10.2. The highest BCUT2D eigenvalue weighted by Crippen LogP contribution is 2.38. The van der Waals surface area contributed by atoms with Gasteiger partial charge in [-0.15, -0.1) is 10.2 Å². The van der Waals surface area contributed by atoms with Crippen molar-refractivity contribution in [3.05, 3.63) is 36.1 Å². The van der Waals surface area contributed by atoms with Gasteiger partial charge in [-0.2, -0.15) is 0 Å². The summed E-state index contributed by atoms with van der Waals surface area (Å²) in [5, 5.41) is 12.5. The van der Waals surface area contributed by atoms with Gasteiger partial charge in [0.25, 0.3) is 0 Å². The third-order valence-electron chi connectivity index (χ3n) is 3.57. The predicted octanol–water partition coefficient (Wildman–Crippen LogP) is 3.12. The smallest absolute Gasteiger partial charge is 0.205 e. The van der Waals surface area contributed by atoms with Crippen molar-refractivity contribution < 1.29 is 13.9 Å². The van der Waals surface area contributed by atoms with Gasteiger partial charge >= 0.3 is 0 Å². The molecule has 2 heterocycles. The third kappa shape index (κ3) is 3.35.